The van der Waals surface area contributed by atoms with Crippen LogP contribution in [0.5, 0.6) is 0 Å². The van der Waals surface area contributed by atoms with E-state index in [0.29, 0.717) is 22.7 Å². The van der Waals surface area contributed by atoms with E-state index < -0.39 is 10.8 Å². The summed E-state index contributed by atoms with van der Waals surface area (Å²) in [5, 5.41) is 4.12. The van der Waals surface area contributed by atoms with Crippen LogP contribution in [-0.2, 0) is 10.8 Å². The van der Waals surface area contributed by atoms with Crippen molar-refractivity contribution in [3.63, 3.8) is 0 Å². The molecule has 0 spiro atoms. The number of rotatable bonds is 6. The number of hydrogen-bond acceptors (Lipinski definition) is 2. The predicted molar refractivity (Wildman–Crippen MR) is 82.2 cm³/mol. The first-order valence-corrected chi connectivity index (χ1v) is 8.78. The van der Waals surface area contributed by atoms with E-state index in [2.05, 4.69) is 12.2 Å². The highest BCUT2D eigenvalue weighted by molar-refractivity contribution is 7.85. The van der Waals surface area contributed by atoms with E-state index in [1.165, 1.54) is 25.7 Å². The molecule has 0 amide bonds. The van der Waals surface area contributed by atoms with Crippen LogP contribution in [0.15, 0.2) is 29.2 Å². The van der Waals surface area contributed by atoms with Crippen LogP contribution < -0.4 is 5.32 Å². The Morgan fingerprint density at radius 1 is 1.37 bits per heavy atom. The molecule has 2 rings (SSSR count). The molecule has 106 valence electrons. The van der Waals surface area contributed by atoms with Gasteiger partial charge in [-0.15, -0.1) is 0 Å². The molecular formula is C15H22ClNOS. The summed E-state index contributed by atoms with van der Waals surface area (Å²) in [6.45, 7) is 3.04. The first kappa shape index (κ1) is 15.0. The molecule has 0 bridgehead atoms. The fourth-order valence-electron chi connectivity index (χ4n) is 2.87. The second kappa shape index (κ2) is 7.41. The van der Waals surface area contributed by atoms with Gasteiger partial charge in [0.15, 0.2) is 0 Å². The quantitative estimate of drug-likeness (QED) is 0.869. The standard InChI is InChI=1S/C15H22ClNOS/c1-2-17-14(12-7-3-4-8-12)11-19(18)15-10-6-5-9-13(15)16/h5-6,9-10,12,14,17H,2-4,7-8,11H2,1H3. The first-order chi connectivity index (χ1) is 9.22. The van der Waals surface area contributed by atoms with Crippen molar-refractivity contribution in [3.8, 4) is 0 Å². The molecule has 1 aromatic rings. The molecule has 2 unspecified atom stereocenters. The Bertz CT molecular complexity index is 432. The third kappa shape index (κ3) is 4.04. The van der Waals surface area contributed by atoms with Gasteiger partial charge < -0.3 is 5.32 Å². The predicted octanol–water partition coefficient (Wildman–Crippen LogP) is 3.62. The molecule has 2 nitrogen and oxygen atoms in total. The second-order valence-electron chi connectivity index (χ2n) is 5.15. The summed E-state index contributed by atoms with van der Waals surface area (Å²) < 4.78 is 12.5. The van der Waals surface area contributed by atoms with Crippen LogP contribution in [-0.4, -0.2) is 22.5 Å². The lowest BCUT2D eigenvalue weighted by atomic mass is 10.00. The Labute approximate surface area is 123 Å². The molecule has 1 aliphatic carbocycles. The monoisotopic (exact) mass is 299 g/mol. The van der Waals surface area contributed by atoms with Crippen molar-refractivity contribution < 1.29 is 4.21 Å². The van der Waals surface area contributed by atoms with Crippen molar-refractivity contribution in [2.75, 3.05) is 12.3 Å². The van der Waals surface area contributed by atoms with Crippen molar-refractivity contribution in [3.05, 3.63) is 29.3 Å². The molecule has 1 fully saturated rings. The minimum atomic E-state index is -1.02. The van der Waals surface area contributed by atoms with Gasteiger partial charge in [0.25, 0.3) is 0 Å². The molecular weight excluding hydrogens is 278 g/mol. The van der Waals surface area contributed by atoms with E-state index in [1.807, 2.05) is 24.3 Å². The Kier molecular flexibility index (Phi) is 5.86. The lowest BCUT2D eigenvalue weighted by Gasteiger charge is -2.24. The number of halogens is 1. The van der Waals surface area contributed by atoms with Gasteiger partial charge >= 0.3 is 0 Å². The molecule has 19 heavy (non-hydrogen) atoms. The summed E-state index contributed by atoms with van der Waals surface area (Å²) in [4.78, 5) is 0.769. The van der Waals surface area contributed by atoms with Gasteiger partial charge in [0.2, 0.25) is 0 Å². The smallest absolute Gasteiger partial charge is 0.0574 e. The van der Waals surface area contributed by atoms with Crippen LogP contribution in [0.2, 0.25) is 5.02 Å². The van der Waals surface area contributed by atoms with Gasteiger partial charge in [-0.2, -0.15) is 0 Å². The van der Waals surface area contributed by atoms with E-state index in [0.717, 1.165) is 11.4 Å². The number of nitrogens with one attached hydrogen (secondary N) is 1. The van der Waals surface area contributed by atoms with Crippen molar-refractivity contribution in [2.24, 2.45) is 5.92 Å². The minimum Gasteiger partial charge on any atom is -0.313 e. The summed E-state index contributed by atoms with van der Waals surface area (Å²) in [5.41, 5.74) is 0. The van der Waals surface area contributed by atoms with Crippen molar-refractivity contribution in [1.29, 1.82) is 0 Å². The van der Waals surface area contributed by atoms with Crippen LogP contribution in [0.1, 0.15) is 32.6 Å². The molecule has 0 radical (unpaired) electrons. The fourth-order valence-corrected chi connectivity index (χ4v) is 4.67. The summed E-state index contributed by atoms with van der Waals surface area (Å²) in [6, 6.07) is 7.81. The van der Waals surface area contributed by atoms with Crippen LogP contribution in [0, 0.1) is 5.92 Å². The van der Waals surface area contributed by atoms with E-state index in [-0.39, 0.29) is 0 Å². The van der Waals surface area contributed by atoms with E-state index in [9.17, 15) is 4.21 Å². The van der Waals surface area contributed by atoms with Crippen LogP contribution in [0.4, 0.5) is 0 Å². The summed E-state index contributed by atoms with van der Waals surface area (Å²) in [5.74, 6) is 1.34. The topological polar surface area (TPSA) is 29.1 Å². The lowest BCUT2D eigenvalue weighted by Crippen LogP contribution is -2.39. The van der Waals surface area contributed by atoms with Crippen molar-refractivity contribution in [2.45, 2.75) is 43.5 Å². The van der Waals surface area contributed by atoms with E-state index >= 15 is 0 Å². The third-order valence-corrected chi connectivity index (χ3v) is 5.80. The second-order valence-corrected chi connectivity index (χ2v) is 7.02. The zero-order chi connectivity index (χ0) is 13.7. The Morgan fingerprint density at radius 2 is 2.05 bits per heavy atom. The molecule has 0 heterocycles. The van der Waals surface area contributed by atoms with Gasteiger partial charge in [-0.05, 0) is 37.4 Å². The summed E-state index contributed by atoms with van der Waals surface area (Å²) >= 11 is 6.13. The van der Waals surface area contributed by atoms with Crippen LogP contribution in [0.3, 0.4) is 0 Å². The Morgan fingerprint density at radius 3 is 2.68 bits per heavy atom. The molecule has 4 heteroatoms. The maximum Gasteiger partial charge on any atom is 0.0574 e. The highest BCUT2D eigenvalue weighted by Crippen LogP contribution is 2.29. The van der Waals surface area contributed by atoms with Gasteiger partial charge in [-0.1, -0.05) is 43.5 Å². The normalized spacial score (nSPS) is 19.5. The van der Waals surface area contributed by atoms with Gasteiger partial charge in [0, 0.05) is 11.8 Å². The molecule has 0 aromatic heterocycles. The molecule has 1 saturated carbocycles. The molecule has 1 N–H and O–H groups in total. The van der Waals surface area contributed by atoms with Crippen molar-refractivity contribution >= 4 is 22.4 Å². The fraction of sp³-hybridized carbons (Fsp3) is 0.600. The third-order valence-electron chi connectivity index (χ3n) is 3.85. The summed E-state index contributed by atoms with van der Waals surface area (Å²) in [7, 11) is -1.02. The number of hydrogen-bond donors (Lipinski definition) is 1. The molecule has 2 atom stereocenters. The van der Waals surface area contributed by atoms with Gasteiger partial charge in [0.05, 0.1) is 20.7 Å². The highest BCUT2D eigenvalue weighted by Gasteiger charge is 2.26. The molecule has 1 aliphatic rings. The Balaban J connectivity index is 2.04. The average Bonchev–Trinajstić information content (AvgIpc) is 2.92. The van der Waals surface area contributed by atoms with Crippen molar-refractivity contribution in [1.82, 2.24) is 5.32 Å². The van der Waals surface area contributed by atoms with Gasteiger partial charge in [-0.25, -0.2) is 0 Å². The molecule has 0 saturated heterocycles. The summed E-state index contributed by atoms with van der Waals surface area (Å²) in [6.07, 6.45) is 5.14. The van der Waals surface area contributed by atoms with Gasteiger partial charge in [0.1, 0.15) is 0 Å². The average molecular weight is 300 g/mol. The van der Waals surface area contributed by atoms with Crippen LogP contribution in [0.25, 0.3) is 0 Å². The minimum absolute atomic E-state index is 0.351. The molecule has 1 aromatic carbocycles. The lowest BCUT2D eigenvalue weighted by molar-refractivity contribution is 0.392. The Hall–Kier alpha value is -0.380. The maximum atomic E-state index is 12.5. The van der Waals surface area contributed by atoms with Gasteiger partial charge in [-0.3, -0.25) is 4.21 Å². The largest absolute Gasteiger partial charge is 0.313 e. The molecule has 0 aliphatic heterocycles. The zero-order valence-electron chi connectivity index (χ0n) is 11.4. The van der Waals surface area contributed by atoms with E-state index in [4.69, 9.17) is 11.6 Å². The number of benzene rings is 1. The zero-order valence-corrected chi connectivity index (χ0v) is 13.0. The highest BCUT2D eigenvalue weighted by atomic mass is 35.5. The SMILES string of the molecule is CCNC(CS(=O)c1ccccc1Cl)C1CCCC1. The maximum absolute atomic E-state index is 12.5. The first-order valence-electron chi connectivity index (χ1n) is 7.08. The van der Waals surface area contributed by atoms with Crippen LogP contribution >= 0.6 is 11.6 Å². The van der Waals surface area contributed by atoms with E-state index in [1.54, 1.807) is 0 Å².